The van der Waals surface area contributed by atoms with Crippen LogP contribution in [0.25, 0.3) is 0 Å². The van der Waals surface area contributed by atoms with E-state index in [9.17, 15) is 9.90 Å². The van der Waals surface area contributed by atoms with E-state index in [1.165, 1.54) is 0 Å². The van der Waals surface area contributed by atoms with Crippen molar-refractivity contribution in [3.05, 3.63) is 42.9 Å². The van der Waals surface area contributed by atoms with Gasteiger partial charge in [-0.25, -0.2) is 4.98 Å². The van der Waals surface area contributed by atoms with Gasteiger partial charge in [0.25, 0.3) is 0 Å². The third-order valence-electron chi connectivity index (χ3n) is 4.67. The molecule has 6 heteroatoms. The van der Waals surface area contributed by atoms with Crippen LogP contribution in [0.3, 0.4) is 0 Å². The molecule has 0 bridgehead atoms. The number of aromatic nitrogens is 2. The molecule has 2 aromatic rings. The van der Waals surface area contributed by atoms with Crippen LogP contribution in [-0.2, 0) is 4.79 Å². The smallest absolute Gasteiger partial charge is 0.247 e. The summed E-state index contributed by atoms with van der Waals surface area (Å²) in [6, 6.07) is 7.25. The second kappa shape index (κ2) is 7.49. The molecule has 24 heavy (non-hydrogen) atoms. The van der Waals surface area contributed by atoms with Crippen LogP contribution in [-0.4, -0.2) is 40.3 Å². The molecule has 0 radical (unpaired) electrons. The Morgan fingerprint density at radius 2 is 2.04 bits per heavy atom. The molecule has 1 aliphatic heterocycles. The number of aliphatic hydroxyl groups excluding tert-OH is 1. The SMILES string of the molecule is CC(C(=O)Nc1cccnc1N1CCC(CO)CC1)n1cccc1. The summed E-state index contributed by atoms with van der Waals surface area (Å²) < 4.78 is 1.87. The molecule has 1 saturated heterocycles. The van der Waals surface area contributed by atoms with Crippen molar-refractivity contribution in [2.24, 2.45) is 5.92 Å². The predicted octanol–water partition coefficient (Wildman–Crippen LogP) is 2.29. The number of nitrogens with zero attached hydrogens (tertiary/aromatic N) is 3. The molecule has 1 aliphatic rings. The molecule has 1 atom stereocenters. The van der Waals surface area contributed by atoms with Crippen LogP contribution in [0.1, 0.15) is 25.8 Å². The van der Waals surface area contributed by atoms with Crippen molar-refractivity contribution in [2.45, 2.75) is 25.8 Å². The first-order valence-corrected chi connectivity index (χ1v) is 8.43. The van der Waals surface area contributed by atoms with E-state index in [0.717, 1.165) is 37.4 Å². The second-order valence-corrected chi connectivity index (χ2v) is 6.28. The number of amides is 1. The van der Waals surface area contributed by atoms with Gasteiger partial charge < -0.3 is 19.9 Å². The Kier molecular flexibility index (Phi) is 5.15. The summed E-state index contributed by atoms with van der Waals surface area (Å²) in [6.07, 6.45) is 7.40. The van der Waals surface area contributed by atoms with Crippen LogP contribution in [0.2, 0.25) is 0 Å². The minimum atomic E-state index is -0.284. The van der Waals surface area contributed by atoms with Crippen LogP contribution in [0, 0.1) is 5.92 Å². The maximum Gasteiger partial charge on any atom is 0.247 e. The molecule has 3 rings (SSSR count). The average Bonchev–Trinajstić information content (AvgIpc) is 3.16. The van der Waals surface area contributed by atoms with E-state index in [-0.39, 0.29) is 18.6 Å². The topological polar surface area (TPSA) is 70.4 Å². The zero-order valence-electron chi connectivity index (χ0n) is 13.9. The van der Waals surface area contributed by atoms with Crippen LogP contribution >= 0.6 is 0 Å². The highest BCUT2D eigenvalue weighted by Gasteiger charge is 2.23. The van der Waals surface area contributed by atoms with Crippen LogP contribution < -0.4 is 10.2 Å². The number of piperidine rings is 1. The van der Waals surface area contributed by atoms with Gasteiger partial charge in [-0.1, -0.05) is 0 Å². The van der Waals surface area contributed by atoms with Crippen LogP contribution in [0.5, 0.6) is 0 Å². The summed E-state index contributed by atoms with van der Waals surface area (Å²) in [4.78, 5) is 19.2. The fourth-order valence-corrected chi connectivity index (χ4v) is 3.05. The molecule has 0 saturated carbocycles. The number of nitrogens with one attached hydrogen (secondary N) is 1. The van der Waals surface area contributed by atoms with Gasteiger partial charge in [0.15, 0.2) is 5.82 Å². The van der Waals surface area contributed by atoms with Crippen molar-refractivity contribution < 1.29 is 9.90 Å². The van der Waals surface area contributed by atoms with E-state index in [4.69, 9.17) is 0 Å². The lowest BCUT2D eigenvalue weighted by Gasteiger charge is -2.33. The van der Waals surface area contributed by atoms with Gasteiger partial charge in [0.1, 0.15) is 6.04 Å². The molecule has 1 fully saturated rings. The second-order valence-electron chi connectivity index (χ2n) is 6.28. The van der Waals surface area contributed by atoms with E-state index >= 15 is 0 Å². The van der Waals surface area contributed by atoms with Crippen molar-refractivity contribution >= 4 is 17.4 Å². The first-order valence-electron chi connectivity index (χ1n) is 8.43. The van der Waals surface area contributed by atoms with Crippen molar-refractivity contribution in [1.82, 2.24) is 9.55 Å². The Morgan fingerprint density at radius 1 is 1.33 bits per heavy atom. The van der Waals surface area contributed by atoms with Gasteiger partial charge in [0.05, 0.1) is 5.69 Å². The lowest BCUT2D eigenvalue weighted by molar-refractivity contribution is -0.118. The molecular formula is C18H24N4O2. The fraction of sp³-hybridized carbons (Fsp3) is 0.444. The zero-order chi connectivity index (χ0) is 16.9. The highest BCUT2D eigenvalue weighted by molar-refractivity contribution is 5.96. The Labute approximate surface area is 142 Å². The Hall–Kier alpha value is -2.34. The number of anilines is 2. The summed E-state index contributed by atoms with van der Waals surface area (Å²) in [5.74, 6) is 1.12. The molecule has 3 heterocycles. The number of rotatable bonds is 5. The monoisotopic (exact) mass is 328 g/mol. The molecule has 1 amide bonds. The summed E-state index contributed by atoms with van der Waals surface area (Å²) in [5.41, 5.74) is 0.740. The minimum Gasteiger partial charge on any atom is -0.396 e. The number of pyridine rings is 1. The third-order valence-corrected chi connectivity index (χ3v) is 4.67. The highest BCUT2D eigenvalue weighted by atomic mass is 16.3. The fourth-order valence-electron chi connectivity index (χ4n) is 3.05. The van der Waals surface area contributed by atoms with E-state index < -0.39 is 0 Å². The van der Waals surface area contributed by atoms with E-state index in [1.54, 1.807) is 6.20 Å². The van der Waals surface area contributed by atoms with Crippen LogP contribution in [0.15, 0.2) is 42.9 Å². The van der Waals surface area contributed by atoms with Gasteiger partial charge in [0, 0.05) is 38.3 Å². The van der Waals surface area contributed by atoms with E-state index in [2.05, 4.69) is 15.2 Å². The van der Waals surface area contributed by atoms with Gasteiger partial charge >= 0.3 is 0 Å². The molecule has 0 spiro atoms. The largest absolute Gasteiger partial charge is 0.396 e. The van der Waals surface area contributed by atoms with Crippen molar-refractivity contribution in [3.8, 4) is 0 Å². The van der Waals surface area contributed by atoms with Crippen molar-refractivity contribution in [3.63, 3.8) is 0 Å². The number of hydrogen-bond acceptors (Lipinski definition) is 4. The molecule has 0 aliphatic carbocycles. The Bertz CT molecular complexity index is 663. The molecule has 2 N–H and O–H groups in total. The van der Waals surface area contributed by atoms with Crippen molar-refractivity contribution in [1.29, 1.82) is 0 Å². The first-order chi connectivity index (χ1) is 11.7. The average molecular weight is 328 g/mol. The third kappa shape index (κ3) is 3.59. The summed E-state index contributed by atoms with van der Waals surface area (Å²) in [7, 11) is 0. The quantitative estimate of drug-likeness (QED) is 0.883. The van der Waals surface area contributed by atoms with Crippen LogP contribution in [0.4, 0.5) is 11.5 Å². The molecular weight excluding hydrogens is 304 g/mol. The van der Waals surface area contributed by atoms with Gasteiger partial charge in [-0.15, -0.1) is 0 Å². The first kappa shape index (κ1) is 16.5. The maximum absolute atomic E-state index is 12.5. The number of carbonyl (C=O) groups excluding carboxylic acids is 1. The molecule has 1 unspecified atom stereocenters. The maximum atomic E-state index is 12.5. The lowest BCUT2D eigenvalue weighted by Crippen LogP contribution is -2.36. The van der Waals surface area contributed by atoms with Crippen molar-refractivity contribution in [2.75, 3.05) is 29.9 Å². The Morgan fingerprint density at radius 3 is 2.71 bits per heavy atom. The van der Waals surface area contributed by atoms with Gasteiger partial charge in [0.2, 0.25) is 5.91 Å². The minimum absolute atomic E-state index is 0.0642. The standard InChI is InChI=1S/C18H24N4O2/c1-14(21-9-2-3-10-21)18(24)20-16-5-4-8-19-17(16)22-11-6-15(13-23)7-12-22/h2-5,8-10,14-15,23H,6-7,11-13H2,1H3,(H,20,24). The highest BCUT2D eigenvalue weighted by Crippen LogP contribution is 2.28. The van der Waals surface area contributed by atoms with Gasteiger partial charge in [-0.05, 0) is 49.9 Å². The number of aliphatic hydroxyl groups is 1. The predicted molar refractivity (Wildman–Crippen MR) is 94.0 cm³/mol. The van der Waals surface area contributed by atoms with E-state index in [1.807, 2.05) is 48.1 Å². The summed E-state index contributed by atoms with van der Waals surface area (Å²) in [6.45, 7) is 3.81. The molecule has 0 aromatic carbocycles. The lowest BCUT2D eigenvalue weighted by atomic mass is 9.98. The van der Waals surface area contributed by atoms with Gasteiger partial charge in [-0.3, -0.25) is 4.79 Å². The number of hydrogen-bond donors (Lipinski definition) is 2. The normalized spacial score (nSPS) is 16.8. The van der Waals surface area contributed by atoms with Gasteiger partial charge in [-0.2, -0.15) is 0 Å². The zero-order valence-corrected chi connectivity index (χ0v) is 13.9. The molecule has 2 aromatic heterocycles. The number of carbonyl (C=O) groups is 1. The summed E-state index contributed by atoms with van der Waals surface area (Å²) >= 11 is 0. The molecule has 128 valence electrons. The summed E-state index contributed by atoms with van der Waals surface area (Å²) in [5, 5.41) is 12.3. The molecule has 6 nitrogen and oxygen atoms in total. The van der Waals surface area contributed by atoms with E-state index in [0.29, 0.717) is 5.92 Å². The Balaban J connectivity index is 1.71.